The average molecular weight is 260 g/mol. The van der Waals surface area contributed by atoms with E-state index in [0.29, 0.717) is 19.5 Å². The summed E-state index contributed by atoms with van der Waals surface area (Å²) in [5.74, 6) is 0.194. The number of aliphatic hydroxyl groups excluding tert-OH is 1. The number of hydrogen-bond acceptors (Lipinski definition) is 4. The number of amides is 1. The molecule has 0 aromatic heterocycles. The molecule has 0 radical (unpaired) electrons. The monoisotopic (exact) mass is 260 g/mol. The van der Waals surface area contributed by atoms with Gasteiger partial charge in [-0.05, 0) is 5.56 Å². The highest BCUT2D eigenvalue weighted by Gasteiger charge is 2.37. The Bertz CT molecular complexity index is 495. The van der Waals surface area contributed by atoms with Gasteiger partial charge in [0.2, 0.25) is 6.10 Å². The maximum Gasteiger partial charge on any atom is 0.266 e. The fourth-order valence-corrected chi connectivity index (χ4v) is 2.38. The van der Waals surface area contributed by atoms with Crippen molar-refractivity contribution < 1.29 is 14.7 Å². The third-order valence-corrected chi connectivity index (χ3v) is 3.58. The molecular weight excluding hydrogens is 244 g/mol. The van der Waals surface area contributed by atoms with Crippen LogP contribution >= 0.6 is 0 Å². The van der Waals surface area contributed by atoms with Crippen molar-refractivity contribution in [2.45, 2.75) is 12.5 Å². The summed E-state index contributed by atoms with van der Waals surface area (Å²) in [7, 11) is 0. The quantitative estimate of drug-likeness (QED) is 0.867. The molecule has 0 spiro atoms. The maximum absolute atomic E-state index is 12.1. The molecule has 1 saturated heterocycles. The van der Waals surface area contributed by atoms with Crippen LogP contribution in [0.4, 0.5) is 0 Å². The van der Waals surface area contributed by atoms with Crippen molar-refractivity contribution in [1.29, 1.82) is 0 Å². The van der Waals surface area contributed by atoms with Gasteiger partial charge in [0.05, 0.1) is 5.71 Å². The van der Waals surface area contributed by atoms with E-state index in [0.717, 1.165) is 11.3 Å². The van der Waals surface area contributed by atoms with Crippen molar-refractivity contribution >= 4 is 11.6 Å². The van der Waals surface area contributed by atoms with Crippen LogP contribution in [0.5, 0.6) is 0 Å². The summed E-state index contributed by atoms with van der Waals surface area (Å²) in [6.45, 7) is 1.38. The zero-order valence-corrected chi connectivity index (χ0v) is 10.5. The predicted octanol–water partition coefficient (Wildman–Crippen LogP) is 0.630. The predicted molar refractivity (Wildman–Crippen MR) is 69.6 cm³/mol. The highest BCUT2D eigenvalue weighted by atomic mass is 16.6. The van der Waals surface area contributed by atoms with Gasteiger partial charge in [0.1, 0.15) is 0 Å². The van der Waals surface area contributed by atoms with E-state index in [1.165, 1.54) is 0 Å². The number of carbonyl (C=O) groups is 1. The molecule has 1 unspecified atom stereocenters. The van der Waals surface area contributed by atoms with Crippen LogP contribution in [-0.2, 0) is 9.63 Å². The minimum absolute atomic E-state index is 0.0284. The van der Waals surface area contributed by atoms with E-state index in [4.69, 9.17) is 9.94 Å². The first kappa shape index (κ1) is 12.2. The zero-order valence-electron chi connectivity index (χ0n) is 10.5. The van der Waals surface area contributed by atoms with E-state index < -0.39 is 6.10 Å². The van der Waals surface area contributed by atoms with Gasteiger partial charge in [-0.3, -0.25) is 4.79 Å². The summed E-state index contributed by atoms with van der Waals surface area (Å²) in [6, 6.07) is 9.74. The average Bonchev–Trinajstić information content (AvgIpc) is 2.88. The van der Waals surface area contributed by atoms with Crippen molar-refractivity contribution in [2.75, 3.05) is 19.7 Å². The van der Waals surface area contributed by atoms with Crippen molar-refractivity contribution in [3.63, 3.8) is 0 Å². The second-order valence-corrected chi connectivity index (χ2v) is 4.99. The lowest BCUT2D eigenvalue weighted by Crippen LogP contribution is -2.54. The lowest BCUT2D eigenvalue weighted by molar-refractivity contribution is -0.149. The molecule has 3 rings (SSSR count). The molecule has 1 aromatic rings. The number of likely N-dealkylation sites (tertiary alicyclic amines) is 1. The van der Waals surface area contributed by atoms with Crippen LogP contribution in [-0.4, -0.2) is 47.4 Å². The molecule has 5 heteroatoms. The third kappa shape index (κ3) is 2.33. The first-order valence-electron chi connectivity index (χ1n) is 6.45. The largest absolute Gasteiger partial charge is 0.396 e. The summed E-state index contributed by atoms with van der Waals surface area (Å²) >= 11 is 0. The van der Waals surface area contributed by atoms with E-state index in [1.54, 1.807) is 4.90 Å². The second kappa shape index (κ2) is 5.01. The van der Waals surface area contributed by atoms with E-state index in [1.807, 2.05) is 30.3 Å². The Morgan fingerprint density at radius 1 is 1.37 bits per heavy atom. The number of aliphatic hydroxyl groups is 1. The minimum atomic E-state index is -0.505. The van der Waals surface area contributed by atoms with Gasteiger partial charge in [-0.25, -0.2) is 0 Å². The highest BCUT2D eigenvalue weighted by Crippen LogP contribution is 2.22. The van der Waals surface area contributed by atoms with Crippen molar-refractivity contribution in [3.8, 4) is 0 Å². The first-order chi connectivity index (χ1) is 9.28. The normalized spacial score (nSPS) is 22.7. The molecule has 1 aromatic carbocycles. The van der Waals surface area contributed by atoms with E-state index in [-0.39, 0.29) is 18.4 Å². The van der Waals surface area contributed by atoms with Crippen LogP contribution in [0.1, 0.15) is 12.0 Å². The van der Waals surface area contributed by atoms with Gasteiger partial charge in [-0.15, -0.1) is 0 Å². The van der Waals surface area contributed by atoms with Gasteiger partial charge in [0.15, 0.2) is 0 Å². The van der Waals surface area contributed by atoms with E-state index in [9.17, 15) is 4.79 Å². The van der Waals surface area contributed by atoms with Crippen molar-refractivity contribution in [3.05, 3.63) is 35.9 Å². The molecule has 1 N–H and O–H groups in total. The minimum Gasteiger partial charge on any atom is -0.396 e. The molecule has 5 nitrogen and oxygen atoms in total. The van der Waals surface area contributed by atoms with Gasteiger partial charge >= 0.3 is 0 Å². The lowest BCUT2D eigenvalue weighted by atomic mass is 9.99. The zero-order chi connectivity index (χ0) is 13.2. The van der Waals surface area contributed by atoms with Crippen molar-refractivity contribution in [2.24, 2.45) is 11.1 Å². The molecule has 2 aliphatic heterocycles. The van der Waals surface area contributed by atoms with Gasteiger partial charge in [0, 0.05) is 32.0 Å². The molecule has 100 valence electrons. The molecule has 2 heterocycles. The molecule has 1 fully saturated rings. The van der Waals surface area contributed by atoms with Crippen LogP contribution in [0.3, 0.4) is 0 Å². The Morgan fingerprint density at radius 2 is 2.11 bits per heavy atom. The van der Waals surface area contributed by atoms with E-state index in [2.05, 4.69) is 5.16 Å². The van der Waals surface area contributed by atoms with Gasteiger partial charge in [-0.2, -0.15) is 0 Å². The molecule has 0 saturated carbocycles. The van der Waals surface area contributed by atoms with Gasteiger partial charge in [0.25, 0.3) is 5.91 Å². The number of oxime groups is 1. The Hall–Kier alpha value is -1.88. The molecule has 0 bridgehead atoms. The topological polar surface area (TPSA) is 62.1 Å². The number of carbonyl (C=O) groups excluding carboxylic acids is 1. The fraction of sp³-hybridized carbons (Fsp3) is 0.429. The standard InChI is InChI=1S/C14H16N2O3/c17-9-10-7-16(8-10)14(18)13-6-12(15-19-13)11-4-2-1-3-5-11/h1-5,10,13,17H,6-9H2. The summed E-state index contributed by atoms with van der Waals surface area (Å²) < 4.78 is 0. The van der Waals surface area contributed by atoms with Crippen LogP contribution < -0.4 is 0 Å². The Morgan fingerprint density at radius 3 is 2.79 bits per heavy atom. The summed E-state index contributed by atoms with van der Waals surface area (Å²) in [6.07, 6.45) is 0.0122. The van der Waals surface area contributed by atoms with Crippen LogP contribution in [0.25, 0.3) is 0 Å². The Balaban J connectivity index is 1.58. The molecule has 2 aliphatic rings. The summed E-state index contributed by atoms with van der Waals surface area (Å²) in [5.41, 5.74) is 1.81. The van der Waals surface area contributed by atoms with Crippen molar-refractivity contribution in [1.82, 2.24) is 4.90 Å². The summed E-state index contributed by atoms with van der Waals surface area (Å²) in [4.78, 5) is 19.1. The van der Waals surface area contributed by atoms with Crippen LogP contribution in [0.2, 0.25) is 0 Å². The van der Waals surface area contributed by atoms with Gasteiger partial charge in [-0.1, -0.05) is 35.5 Å². The fourth-order valence-electron chi connectivity index (χ4n) is 2.38. The third-order valence-electron chi connectivity index (χ3n) is 3.58. The summed E-state index contributed by atoms with van der Waals surface area (Å²) in [5, 5.41) is 13.0. The maximum atomic E-state index is 12.1. The van der Waals surface area contributed by atoms with E-state index >= 15 is 0 Å². The first-order valence-corrected chi connectivity index (χ1v) is 6.45. The SMILES string of the molecule is O=C(C1CC(c2ccccc2)=NO1)N1CC(CO)C1. The molecule has 19 heavy (non-hydrogen) atoms. The number of rotatable bonds is 3. The number of hydrogen-bond donors (Lipinski definition) is 1. The second-order valence-electron chi connectivity index (χ2n) is 4.99. The molecule has 1 amide bonds. The lowest BCUT2D eigenvalue weighted by Gasteiger charge is -2.39. The number of benzene rings is 1. The number of nitrogens with zero attached hydrogens (tertiary/aromatic N) is 2. The molecular formula is C14H16N2O3. The van der Waals surface area contributed by atoms with Gasteiger partial charge < -0.3 is 14.8 Å². The Kier molecular flexibility index (Phi) is 3.21. The Labute approximate surface area is 111 Å². The van der Waals surface area contributed by atoms with Crippen LogP contribution in [0, 0.1) is 5.92 Å². The smallest absolute Gasteiger partial charge is 0.266 e. The molecule has 0 aliphatic carbocycles. The van der Waals surface area contributed by atoms with Crippen LogP contribution in [0.15, 0.2) is 35.5 Å². The highest BCUT2D eigenvalue weighted by molar-refractivity contribution is 6.04. The molecule has 1 atom stereocenters.